The lowest BCUT2D eigenvalue weighted by Gasteiger charge is -2.29. The van der Waals surface area contributed by atoms with Crippen LogP contribution in [0.5, 0.6) is 0 Å². The van der Waals surface area contributed by atoms with Crippen molar-refractivity contribution in [1.29, 1.82) is 0 Å². The lowest BCUT2D eigenvalue weighted by atomic mass is 9.97. The van der Waals surface area contributed by atoms with Crippen LogP contribution in [0.15, 0.2) is 0 Å². The molecule has 0 fully saturated rings. The summed E-state index contributed by atoms with van der Waals surface area (Å²) >= 11 is 1.94. The van der Waals surface area contributed by atoms with Gasteiger partial charge in [-0.3, -0.25) is 0 Å². The molecule has 0 heterocycles. The van der Waals surface area contributed by atoms with Gasteiger partial charge >= 0.3 is 0 Å². The van der Waals surface area contributed by atoms with Gasteiger partial charge in [-0.25, -0.2) is 0 Å². The van der Waals surface area contributed by atoms with Crippen molar-refractivity contribution < 1.29 is 0 Å². The van der Waals surface area contributed by atoms with E-state index >= 15 is 0 Å². The van der Waals surface area contributed by atoms with Crippen LogP contribution in [0, 0.1) is 0 Å². The van der Waals surface area contributed by atoms with Gasteiger partial charge in [0.05, 0.1) is 0 Å². The largest absolute Gasteiger partial charge is 0.329 e. The average molecular weight is 175 g/mol. The van der Waals surface area contributed by atoms with Gasteiger partial charge in [-0.15, -0.1) is 0 Å². The Bertz CT molecular complexity index is 81.6. The van der Waals surface area contributed by atoms with E-state index in [4.69, 9.17) is 5.73 Å². The maximum atomic E-state index is 5.77. The predicted molar refractivity (Wildman–Crippen MR) is 55.1 cm³/mol. The molecule has 0 aromatic rings. The number of hydrogen-bond donors (Lipinski definition) is 1. The van der Waals surface area contributed by atoms with Crippen LogP contribution in [0.3, 0.4) is 0 Å². The molecule has 0 aliphatic rings. The first-order chi connectivity index (χ1) is 5.24. The summed E-state index contributed by atoms with van der Waals surface area (Å²) < 4.78 is 0.378. The second kappa shape index (κ2) is 5.90. The Labute approximate surface area is 75.1 Å². The van der Waals surface area contributed by atoms with Crippen molar-refractivity contribution >= 4 is 11.8 Å². The number of thioether (sulfide) groups is 1. The van der Waals surface area contributed by atoms with Crippen molar-refractivity contribution in [3.63, 3.8) is 0 Å². The van der Waals surface area contributed by atoms with Crippen LogP contribution in [0.4, 0.5) is 0 Å². The zero-order chi connectivity index (χ0) is 8.74. The minimum Gasteiger partial charge on any atom is -0.329 e. The molecule has 0 unspecified atom stereocenters. The molecule has 68 valence electrons. The summed E-state index contributed by atoms with van der Waals surface area (Å²) in [6.45, 7) is 5.29. The SMILES string of the molecule is CCCC(CN)(CCC)SC. The second-order valence-corrected chi connectivity index (χ2v) is 4.37. The molecule has 0 aliphatic carbocycles. The smallest absolute Gasteiger partial charge is 0.0279 e. The fourth-order valence-electron chi connectivity index (χ4n) is 1.53. The van der Waals surface area contributed by atoms with E-state index in [1.165, 1.54) is 25.7 Å². The molecule has 0 aromatic carbocycles. The lowest BCUT2D eigenvalue weighted by molar-refractivity contribution is 0.499. The van der Waals surface area contributed by atoms with Gasteiger partial charge in [0, 0.05) is 11.3 Å². The van der Waals surface area contributed by atoms with Crippen molar-refractivity contribution in [3.8, 4) is 0 Å². The van der Waals surface area contributed by atoms with Gasteiger partial charge in [0.15, 0.2) is 0 Å². The fourth-order valence-corrected chi connectivity index (χ4v) is 2.51. The highest BCUT2D eigenvalue weighted by atomic mass is 32.2. The van der Waals surface area contributed by atoms with E-state index in [0.29, 0.717) is 4.75 Å². The van der Waals surface area contributed by atoms with Crippen LogP contribution in [0.2, 0.25) is 0 Å². The van der Waals surface area contributed by atoms with Gasteiger partial charge in [0.1, 0.15) is 0 Å². The minimum absolute atomic E-state index is 0.378. The fraction of sp³-hybridized carbons (Fsp3) is 1.00. The molecule has 0 aliphatic heterocycles. The van der Waals surface area contributed by atoms with Crippen LogP contribution in [-0.4, -0.2) is 17.5 Å². The molecule has 0 spiro atoms. The van der Waals surface area contributed by atoms with E-state index in [9.17, 15) is 0 Å². The molecule has 2 heteroatoms. The summed E-state index contributed by atoms with van der Waals surface area (Å²) in [7, 11) is 0. The van der Waals surface area contributed by atoms with E-state index < -0.39 is 0 Å². The Balaban J connectivity index is 3.96. The molecule has 0 bridgehead atoms. The summed E-state index contributed by atoms with van der Waals surface area (Å²) in [5.41, 5.74) is 5.77. The molecule has 0 atom stereocenters. The molecule has 0 aromatic heterocycles. The molecule has 1 nitrogen and oxygen atoms in total. The van der Waals surface area contributed by atoms with E-state index in [1.54, 1.807) is 0 Å². The highest BCUT2D eigenvalue weighted by Gasteiger charge is 2.24. The Morgan fingerprint density at radius 3 is 1.82 bits per heavy atom. The maximum Gasteiger partial charge on any atom is 0.0279 e. The van der Waals surface area contributed by atoms with Gasteiger partial charge in [0.2, 0.25) is 0 Å². The summed E-state index contributed by atoms with van der Waals surface area (Å²) in [5, 5.41) is 0. The molecule has 0 saturated heterocycles. The van der Waals surface area contributed by atoms with Crippen LogP contribution >= 0.6 is 11.8 Å². The molecule has 0 amide bonds. The summed E-state index contributed by atoms with van der Waals surface area (Å²) in [5.74, 6) is 0. The van der Waals surface area contributed by atoms with Gasteiger partial charge in [0.25, 0.3) is 0 Å². The first-order valence-electron chi connectivity index (χ1n) is 4.50. The maximum absolute atomic E-state index is 5.77. The minimum atomic E-state index is 0.378. The van der Waals surface area contributed by atoms with Crippen LogP contribution in [0.25, 0.3) is 0 Å². The van der Waals surface area contributed by atoms with E-state index in [1.807, 2.05) is 11.8 Å². The third kappa shape index (κ3) is 3.48. The Morgan fingerprint density at radius 1 is 1.18 bits per heavy atom. The normalized spacial score (nSPS) is 12.0. The van der Waals surface area contributed by atoms with Crippen LogP contribution in [0.1, 0.15) is 39.5 Å². The molecule has 11 heavy (non-hydrogen) atoms. The zero-order valence-electron chi connectivity index (χ0n) is 8.02. The van der Waals surface area contributed by atoms with Crippen LogP contribution < -0.4 is 5.73 Å². The quantitative estimate of drug-likeness (QED) is 0.671. The molecular formula is C9H21NS. The Kier molecular flexibility index (Phi) is 6.06. The van der Waals surface area contributed by atoms with Crippen molar-refractivity contribution in [1.82, 2.24) is 0 Å². The predicted octanol–water partition coefficient (Wildman–Crippen LogP) is 2.65. The average Bonchev–Trinajstić information content (AvgIpc) is 2.04. The summed E-state index contributed by atoms with van der Waals surface area (Å²) in [6, 6.07) is 0. The van der Waals surface area contributed by atoms with Gasteiger partial charge in [-0.2, -0.15) is 11.8 Å². The van der Waals surface area contributed by atoms with E-state index in [2.05, 4.69) is 20.1 Å². The molecule has 0 rings (SSSR count). The molecule has 0 radical (unpaired) electrons. The topological polar surface area (TPSA) is 26.0 Å². The van der Waals surface area contributed by atoms with E-state index in [-0.39, 0.29) is 0 Å². The van der Waals surface area contributed by atoms with Gasteiger partial charge in [-0.05, 0) is 19.1 Å². The number of nitrogens with two attached hydrogens (primary N) is 1. The first-order valence-corrected chi connectivity index (χ1v) is 5.72. The van der Waals surface area contributed by atoms with E-state index in [0.717, 1.165) is 6.54 Å². The first kappa shape index (κ1) is 11.3. The Morgan fingerprint density at radius 2 is 1.64 bits per heavy atom. The zero-order valence-corrected chi connectivity index (χ0v) is 8.84. The summed E-state index contributed by atoms with van der Waals surface area (Å²) in [4.78, 5) is 0. The highest BCUT2D eigenvalue weighted by Crippen LogP contribution is 2.31. The molecule has 0 saturated carbocycles. The standard InChI is InChI=1S/C9H21NS/c1-4-6-9(8-10,11-3)7-5-2/h4-8,10H2,1-3H3. The number of rotatable bonds is 6. The van der Waals surface area contributed by atoms with Gasteiger partial charge < -0.3 is 5.73 Å². The monoisotopic (exact) mass is 175 g/mol. The van der Waals surface area contributed by atoms with Gasteiger partial charge in [-0.1, -0.05) is 26.7 Å². The van der Waals surface area contributed by atoms with Crippen molar-refractivity contribution in [2.24, 2.45) is 5.73 Å². The summed E-state index contributed by atoms with van der Waals surface area (Å²) in [6.07, 6.45) is 7.20. The molecular weight excluding hydrogens is 154 g/mol. The highest BCUT2D eigenvalue weighted by molar-refractivity contribution is 8.00. The van der Waals surface area contributed by atoms with Crippen LogP contribution in [-0.2, 0) is 0 Å². The van der Waals surface area contributed by atoms with Crippen molar-refractivity contribution in [2.45, 2.75) is 44.3 Å². The second-order valence-electron chi connectivity index (χ2n) is 3.09. The third-order valence-electron chi connectivity index (χ3n) is 2.22. The lowest BCUT2D eigenvalue weighted by Crippen LogP contribution is -2.33. The van der Waals surface area contributed by atoms with Crippen molar-refractivity contribution in [2.75, 3.05) is 12.8 Å². The Hall–Kier alpha value is 0.310. The number of hydrogen-bond acceptors (Lipinski definition) is 2. The third-order valence-corrected chi connectivity index (χ3v) is 3.66. The van der Waals surface area contributed by atoms with Crippen molar-refractivity contribution in [3.05, 3.63) is 0 Å². The molecule has 2 N–H and O–H groups in total.